The van der Waals surface area contributed by atoms with Gasteiger partial charge in [0.15, 0.2) is 0 Å². The van der Waals surface area contributed by atoms with Crippen molar-refractivity contribution in [3.63, 3.8) is 0 Å². The van der Waals surface area contributed by atoms with E-state index in [1.165, 1.54) is 6.07 Å². The number of aryl methyl sites for hydroxylation is 1. The molecule has 0 bridgehead atoms. The van der Waals surface area contributed by atoms with Crippen molar-refractivity contribution in [2.75, 3.05) is 13.2 Å². The SMILES string of the molecule is CCc1cc(=O)oc2nc(OCC3CON=C3C)[nH]c(=O)c12. The van der Waals surface area contributed by atoms with Gasteiger partial charge < -0.3 is 14.0 Å². The Morgan fingerprint density at radius 3 is 2.95 bits per heavy atom. The van der Waals surface area contributed by atoms with Crippen molar-refractivity contribution in [1.82, 2.24) is 9.97 Å². The molecule has 1 N–H and O–H groups in total. The second-order valence-corrected chi connectivity index (χ2v) is 5.03. The van der Waals surface area contributed by atoms with E-state index in [4.69, 9.17) is 14.0 Å². The zero-order valence-corrected chi connectivity index (χ0v) is 12.2. The summed E-state index contributed by atoms with van der Waals surface area (Å²) in [6.45, 7) is 4.38. The molecule has 0 amide bonds. The molecule has 1 unspecified atom stereocenters. The van der Waals surface area contributed by atoms with E-state index in [0.29, 0.717) is 18.6 Å². The van der Waals surface area contributed by atoms with Crippen LogP contribution in [0.25, 0.3) is 11.1 Å². The highest BCUT2D eigenvalue weighted by Gasteiger charge is 2.21. The third-order valence-corrected chi connectivity index (χ3v) is 3.55. The van der Waals surface area contributed by atoms with Crippen molar-refractivity contribution >= 4 is 16.8 Å². The Morgan fingerprint density at radius 2 is 2.27 bits per heavy atom. The van der Waals surface area contributed by atoms with E-state index in [9.17, 15) is 9.59 Å². The van der Waals surface area contributed by atoms with Gasteiger partial charge in [-0.15, -0.1) is 0 Å². The lowest BCUT2D eigenvalue weighted by Gasteiger charge is -2.09. The topological polar surface area (TPSA) is 107 Å². The van der Waals surface area contributed by atoms with Crippen LogP contribution in [0, 0.1) is 5.92 Å². The minimum absolute atomic E-state index is 0.00797. The molecule has 0 radical (unpaired) electrons. The summed E-state index contributed by atoms with van der Waals surface area (Å²) in [5, 5.41) is 4.09. The maximum absolute atomic E-state index is 12.2. The van der Waals surface area contributed by atoms with Gasteiger partial charge in [0.05, 0.1) is 11.6 Å². The molecule has 22 heavy (non-hydrogen) atoms. The molecule has 8 heteroatoms. The third kappa shape index (κ3) is 2.59. The number of fused-ring (bicyclic) bond motifs is 1. The van der Waals surface area contributed by atoms with Gasteiger partial charge in [-0.3, -0.25) is 9.78 Å². The summed E-state index contributed by atoms with van der Waals surface area (Å²) in [6.07, 6.45) is 0.530. The fraction of sp³-hybridized carbons (Fsp3) is 0.429. The standard InChI is InChI=1S/C14H15N3O5/c1-3-8-4-10(18)22-13-11(8)12(19)15-14(16-13)20-5-9-6-21-17-7(9)2/h4,9H,3,5-6H2,1-2H3,(H,15,16,19). The van der Waals surface area contributed by atoms with Crippen molar-refractivity contribution in [2.45, 2.75) is 20.3 Å². The van der Waals surface area contributed by atoms with E-state index in [2.05, 4.69) is 15.1 Å². The first-order chi connectivity index (χ1) is 10.6. The molecular weight excluding hydrogens is 290 g/mol. The van der Waals surface area contributed by atoms with E-state index in [0.717, 1.165) is 5.71 Å². The number of hydrogen-bond acceptors (Lipinski definition) is 7. The molecule has 3 rings (SSSR count). The van der Waals surface area contributed by atoms with E-state index in [-0.39, 0.29) is 29.6 Å². The highest BCUT2D eigenvalue weighted by Crippen LogP contribution is 2.15. The molecule has 1 atom stereocenters. The van der Waals surface area contributed by atoms with Crippen molar-refractivity contribution in [2.24, 2.45) is 11.1 Å². The molecule has 0 saturated heterocycles. The number of H-pyrrole nitrogens is 1. The van der Waals surface area contributed by atoms with Crippen molar-refractivity contribution in [3.05, 3.63) is 32.4 Å². The lowest BCUT2D eigenvalue weighted by molar-refractivity contribution is 0.134. The smallest absolute Gasteiger partial charge is 0.337 e. The monoisotopic (exact) mass is 305 g/mol. The predicted octanol–water partition coefficient (Wildman–Crippen LogP) is 0.840. The van der Waals surface area contributed by atoms with E-state index >= 15 is 0 Å². The van der Waals surface area contributed by atoms with Crippen LogP contribution < -0.4 is 15.9 Å². The number of aromatic amines is 1. The summed E-state index contributed by atoms with van der Waals surface area (Å²) in [5.41, 5.74) is 0.465. The highest BCUT2D eigenvalue weighted by molar-refractivity contribution is 5.85. The molecule has 0 aromatic carbocycles. The number of nitrogens with zero attached hydrogens (tertiary/aromatic N) is 2. The molecule has 2 aromatic heterocycles. The Labute approximate surface area is 124 Å². The van der Waals surface area contributed by atoms with Crippen LogP contribution in [0.2, 0.25) is 0 Å². The Hall–Kier alpha value is -2.64. The molecule has 3 heterocycles. The largest absolute Gasteiger partial charge is 0.464 e. The zero-order chi connectivity index (χ0) is 15.7. The van der Waals surface area contributed by atoms with Crippen LogP contribution in [0.4, 0.5) is 0 Å². The van der Waals surface area contributed by atoms with Gasteiger partial charge in [-0.05, 0) is 18.9 Å². The second kappa shape index (κ2) is 5.63. The van der Waals surface area contributed by atoms with Gasteiger partial charge in [-0.2, -0.15) is 4.98 Å². The summed E-state index contributed by atoms with van der Waals surface area (Å²) >= 11 is 0. The summed E-state index contributed by atoms with van der Waals surface area (Å²) in [4.78, 5) is 35.2. The molecule has 0 spiro atoms. The van der Waals surface area contributed by atoms with Gasteiger partial charge in [0.25, 0.3) is 11.6 Å². The van der Waals surface area contributed by atoms with Crippen LogP contribution in [0.1, 0.15) is 19.4 Å². The fourth-order valence-electron chi connectivity index (χ4n) is 2.25. The van der Waals surface area contributed by atoms with Gasteiger partial charge in [0.1, 0.15) is 18.6 Å². The normalized spacial score (nSPS) is 17.4. The molecule has 0 fully saturated rings. The average Bonchev–Trinajstić information content (AvgIpc) is 2.89. The van der Waals surface area contributed by atoms with Crippen LogP contribution in [0.5, 0.6) is 6.01 Å². The lowest BCUT2D eigenvalue weighted by Crippen LogP contribution is -2.22. The number of ether oxygens (including phenoxy) is 1. The van der Waals surface area contributed by atoms with Crippen LogP contribution in [0.15, 0.2) is 25.2 Å². The van der Waals surface area contributed by atoms with E-state index < -0.39 is 11.2 Å². The number of nitrogens with one attached hydrogen (secondary N) is 1. The van der Waals surface area contributed by atoms with Gasteiger partial charge in [0.2, 0.25) is 5.71 Å². The van der Waals surface area contributed by atoms with Crippen molar-refractivity contribution in [3.8, 4) is 6.01 Å². The molecule has 0 saturated carbocycles. The first-order valence-electron chi connectivity index (χ1n) is 6.94. The highest BCUT2D eigenvalue weighted by atomic mass is 16.6. The van der Waals surface area contributed by atoms with Crippen molar-refractivity contribution in [1.29, 1.82) is 0 Å². The van der Waals surface area contributed by atoms with Crippen LogP contribution in [0.3, 0.4) is 0 Å². The number of hydrogen-bond donors (Lipinski definition) is 1. The average molecular weight is 305 g/mol. The summed E-state index contributed by atoms with van der Waals surface area (Å²) in [7, 11) is 0. The predicted molar refractivity (Wildman–Crippen MR) is 78.3 cm³/mol. The van der Waals surface area contributed by atoms with Gasteiger partial charge >= 0.3 is 5.63 Å². The first kappa shape index (κ1) is 14.3. The van der Waals surface area contributed by atoms with Gasteiger partial charge in [-0.25, -0.2) is 4.79 Å². The number of rotatable bonds is 4. The molecule has 0 aliphatic carbocycles. The molecule has 1 aliphatic rings. The third-order valence-electron chi connectivity index (χ3n) is 3.55. The summed E-state index contributed by atoms with van der Waals surface area (Å²) in [6, 6.07) is 1.31. The minimum atomic E-state index is -0.541. The molecule has 8 nitrogen and oxygen atoms in total. The van der Waals surface area contributed by atoms with Crippen LogP contribution in [-0.2, 0) is 11.3 Å². The Balaban J connectivity index is 1.93. The van der Waals surface area contributed by atoms with Gasteiger partial charge in [0, 0.05) is 6.07 Å². The first-order valence-corrected chi connectivity index (χ1v) is 6.94. The minimum Gasteiger partial charge on any atom is -0.464 e. The number of oxime groups is 1. The maximum atomic E-state index is 12.2. The quantitative estimate of drug-likeness (QED) is 0.897. The molecule has 1 aliphatic heterocycles. The lowest BCUT2D eigenvalue weighted by atomic mass is 10.1. The summed E-state index contributed by atoms with van der Waals surface area (Å²) < 4.78 is 10.5. The Morgan fingerprint density at radius 1 is 1.45 bits per heavy atom. The molecular formula is C14H15N3O5. The van der Waals surface area contributed by atoms with E-state index in [1.807, 2.05) is 13.8 Å². The molecule has 116 valence electrons. The Kier molecular flexibility index (Phi) is 3.66. The second-order valence-electron chi connectivity index (χ2n) is 5.03. The van der Waals surface area contributed by atoms with Crippen LogP contribution in [-0.4, -0.2) is 28.9 Å². The maximum Gasteiger partial charge on any atom is 0.337 e. The van der Waals surface area contributed by atoms with Crippen LogP contribution >= 0.6 is 0 Å². The Bertz CT molecular complexity index is 852. The van der Waals surface area contributed by atoms with E-state index in [1.54, 1.807) is 0 Å². The van der Waals surface area contributed by atoms with Crippen molar-refractivity contribution < 1.29 is 14.0 Å². The number of aromatic nitrogens is 2. The van der Waals surface area contributed by atoms with Gasteiger partial charge in [-0.1, -0.05) is 12.1 Å². The summed E-state index contributed by atoms with van der Waals surface area (Å²) in [5.74, 6) is 0.00924. The fourth-order valence-corrected chi connectivity index (χ4v) is 2.25. The molecule has 2 aromatic rings. The zero-order valence-electron chi connectivity index (χ0n) is 12.2.